The minimum atomic E-state index is -0.00977. The topological polar surface area (TPSA) is 38.1 Å². The molecule has 1 aromatic heterocycles. The fraction of sp³-hybridized carbons (Fsp3) is 0.375. The number of nitrogens with zero attached hydrogens (tertiary/aromatic N) is 3. The van der Waals surface area contributed by atoms with E-state index < -0.39 is 0 Å². The first-order chi connectivity index (χ1) is 10.2. The average Bonchev–Trinajstić information content (AvgIpc) is 2.88. The van der Waals surface area contributed by atoms with Gasteiger partial charge in [-0.3, -0.25) is 9.48 Å². The van der Waals surface area contributed by atoms with Crippen LogP contribution in [-0.4, -0.2) is 33.0 Å². The third kappa shape index (κ3) is 3.85. The van der Waals surface area contributed by atoms with Gasteiger partial charge in [-0.15, -0.1) is 11.6 Å². The van der Waals surface area contributed by atoms with Crippen molar-refractivity contribution in [3.8, 4) is 0 Å². The van der Waals surface area contributed by atoms with Gasteiger partial charge in [0.25, 0.3) is 5.91 Å². The molecule has 0 saturated heterocycles. The normalized spacial score (nSPS) is 10.6. The summed E-state index contributed by atoms with van der Waals surface area (Å²) < 4.78 is 1.69. The van der Waals surface area contributed by atoms with E-state index in [1.165, 1.54) is 0 Å². The van der Waals surface area contributed by atoms with Crippen LogP contribution in [0.15, 0.2) is 36.5 Å². The van der Waals surface area contributed by atoms with E-state index in [4.69, 9.17) is 11.6 Å². The molecule has 0 unspecified atom stereocenters. The minimum absolute atomic E-state index is 0.00977. The molecule has 0 atom stereocenters. The van der Waals surface area contributed by atoms with E-state index in [0.717, 1.165) is 17.7 Å². The van der Waals surface area contributed by atoms with Gasteiger partial charge in [-0.1, -0.05) is 37.3 Å². The van der Waals surface area contributed by atoms with Crippen molar-refractivity contribution in [3.05, 3.63) is 53.3 Å². The van der Waals surface area contributed by atoms with Crippen molar-refractivity contribution in [2.75, 3.05) is 12.4 Å². The predicted octanol–water partition coefficient (Wildman–Crippen LogP) is 2.86. The summed E-state index contributed by atoms with van der Waals surface area (Å²) in [6, 6.07) is 9.94. The molecule has 5 heteroatoms. The fourth-order valence-electron chi connectivity index (χ4n) is 2.30. The summed E-state index contributed by atoms with van der Waals surface area (Å²) in [6.07, 6.45) is 2.52. The molecular formula is C16H20ClN3O. The molecule has 0 radical (unpaired) electrons. The van der Waals surface area contributed by atoms with Crippen molar-refractivity contribution >= 4 is 17.5 Å². The Morgan fingerprint density at radius 1 is 1.33 bits per heavy atom. The van der Waals surface area contributed by atoms with Crippen molar-refractivity contribution in [2.24, 2.45) is 7.05 Å². The Labute approximate surface area is 130 Å². The largest absolute Gasteiger partial charge is 0.333 e. The molecule has 0 aliphatic rings. The van der Waals surface area contributed by atoms with Crippen LogP contribution < -0.4 is 0 Å². The lowest BCUT2D eigenvalue weighted by atomic mass is 10.1. The predicted molar refractivity (Wildman–Crippen MR) is 84.5 cm³/mol. The molecule has 0 N–H and O–H groups in total. The van der Waals surface area contributed by atoms with Gasteiger partial charge in [-0.2, -0.15) is 5.10 Å². The molecule has 0 spiro atoms. The number of amides is 1. The van der Waals surface area contributed by atoms with E-state index in [1.54, 1.807) is 15.8 Å². The van der Waals surface area contributed by atoms with Gasteiger partial charge in [0, 0.05) is 32.2 Å². The van der Waals surface area contributed by atoms with Crippen LogP contribution in [0.25, 0.3) is 0 Å². The number of aryl methyl sites for hydroxylation is 2. The molecule has 1 aromatic carbocycles. The van der Waals surface area contributed by atoms with Gasteiger partial charge in [0.15, 0.2) is 0 Å². The highest BCUT2D eigenvalue weighted by Crippen LogP contribution is 2.14. The van der Waals surface area contributed by atoms with E-state index in [9.17, 15) is 4.79 Å². The second-order valence-electron chi connectivity index (χ2n) is 4.92. The number of aromatic nitrogens is 2. The fourth-order valence-corrected chi connectivity index (χ4v) is 2.51. The number of carbonyl (C=O) groups excluding carboxylic acids is 1. The summed E-state index contributed by atoms with van der Waals surface area (Å²) in [6.45, 7) is 3.08. The minimum Gasteiger partial charge on any atom is -0.333 e. The van der Waals surface area contributed by atoms with E-state index in [-0.39, 0.29) is 5.91 Å². The second-order valence-corrected chi connectivity index (χ2v) is 5.30. The maximum Gasteiger partial charge on any atom is 0.257 e. The van der Waals surface area contributed by atoms with Gasteiger partial charge in [0.05, 0.1) is 11.3 Å². The van der Waals surface area contributed by atoms with Gasteiger partial charge in [0.2, 0.25) is 0 Å². The number of hydrogen-bond acceptors (Lipinski definition) is 2. The summed E-state index contributed by atoms with van der Waals surface area (Å²) in [4.78, 5) is 14.5. The third-order valence-electron chi connectivity index (χ3n) is 3.33. The molecule has 21 heavy (non-hydrogen) atoms. The molecule has 0 saturated carbocycles. The Morgan fingerprint density at radius 2 is 2.05 bits per heavy atom. The molecule has 0 fully saturated rings. The van der Waals surface area contributed by atoms with Crippen LogP contribution in [0.3, 0.4) is 0 Å². The summed E-state index contributed by atoms with van der Waals surface area (Å²) in [5.41, 5.74) is 2.59. The van der Waals surface area contributed by atoms with Crippen LogP contribution in [0, 0.1) is 0 Å². The Morgan fingerprint density at radius 3 is 2.67 bits per heavy atom. The Hall–Kier alpha value is -1.81. The Kier molecular flexibility index (Phi) is 5.39. The molecule has 0 aliphatic heterocycles. The maximum atomic E-state index is 12.7. The van der Waals surface area contributed by atoms with Gasteiger partial charge in [0.1, 0.15) is 0 Å². The molecule has 1 amide bonds. The van der Waals surface area contributed by atoms with E-state index >= 15 is 0 Å². The van der Waals surface area contributed by atoms with Gasteiger partial charge in [-0.25, -0.2) is 0 Å². The maximum absolute atomic E-state index is 12.7. The summed E-state index contributed by atoms with van der Waals surface area (Å²) in [5.74, 6) is 0.407. The standard InChI is InChI=1S/C16H20ClN3O/c1-3-15-14(12-19(2)18-15)16(21)20(10-9-17)11-13-7-5-4-6-8-13/h4-8,12H,3,9-11H2,1-2H3. The van der Waals surface area contributed by atoms with Crippen molar-refractivity contribution in [1.29, 1.82) is 0 Å². The lowest BCUT2D eigenvalue weighted by Gasteiger charge is -2.21. The molecule has 112 valence electrons. The highest BCUT2D eigenvalue weighted by molar-refractivity contribution is 6.18. The monoisotopic (exact) mass is 305 g/mol. The lowest BCUT2D eigenvalue weighted by Crippen LogP contribution is -2.32. The lowest BCUT2D eigenvalue weighted by molar-refractivity contribution is 0.0752. The zero-order chi connectivity index (χ0) is 15.2. The first-order valence-corrected chi connectivity index (χ1v) is 7.60. The van der Waals surface area contributed by atoms with Crippen molar-refractivity contribution < 1.29 is 4.79 Å². The zero-order valence-corrected chi connectivity index (χ0v) is 13.2. The second kappa shape index (κ2) is 7.27. The highest BCUT2D eigenvalue weighted by Gasteiger charge is 2.20. The smallest absolute Gasteiger partial charge is 0.257 e. The highest BCUT2D eigenvalue weighted by atomic mass is 35.5. The average molecular weight is 306 g/mol. The van der Waals surface area contributed by atoms with E-state index in [0.29, 0.717) is 24.5 Å². The van der Waals surface area contributed by atoms with Crippen molar-refractivity contribution in [3.63, 3.8) is 0 Å². The SMILES string of the molecule is CCc1nn(C)cc1C(=O)N(CCCl)Cc1ccccc1. The molecule has 0 bridgehead atoms. The number of benzene rings is 1. The number of carbonyl (C=O) groups is 1. The number of halogens is 1. The summed E-state index contributed by atoms with van der Waals surface area (Å²) in [7, 11) is 1.83. The van der Waals surface area contributed by atoms with Crippen LogP contribution >= 0.6 is 11.6 Å². The third-order valence-corrected chi connectivity index (χ3v) is 3.50. The first-order valence-electron chi connectivity index (χ1n) is 7.07. The van der Waals surface area contributed by atoms with E-state index in [2.05, 4.69) is 5.10 Å². The van der Waals surface area contributed by atoms with Crippen LogP contribution in [0.1, 0.15) is 28.5 Å². The summed E-state index contributed by atoms with van der Waals surface area (Å²) >= 11 is 5.86. The Balaban J connectivity index is 2.22. The zero-order valence-electron chi connectivity index (χ0n) is 12.4. The van der Waals surface area contributed by atoms with E-state index in [1.807, 2.05) is 44.3 Å². The molecule has 1 heterocycles. The van der Waals surface area contributed by atoms with Gasteiger partial charge >= 0.3 is 0 Å². The number of rotatable bonds is 6. The Bertz CT molecular complexity index is 595. The number of alkyl halides is 1. The number of hydrogen-bond donors (Lipinski definition) is 0. The molecule has 4 nitrogen and oxygen atoms in total. The van der Waals surface area contributed by atoms with Crippen LogP contribution in [0.2, 0.25) is 0 Å². The van der Waals surface area contributed by atoms with Crippen LogP contribution in [0.5, 0.6) is 0 Å². The molecular weight excluding hydrogens is 286 g/mol. The van der Waals surface area contributed by atoms with Crippen molar-refractivity contribution in [1.82, 2.24) is 14.7 Å². The molecule has 2 rings (SSSR count). The van der Waals surface area contributed by atoms with Crippen molar-refractivity contribution in [2.45, 2.75) is 19.9 Å². The molecule has 0 aliphatic carbocycles. The first kappa shape index (κ1) is 15.6. The summed E-state index contributed by atoms with van der Waals surface area (Å²) in [5, 5.41) is 4.34. The van der Waals surface area contributed by atoms with Crippen LogP contribution in [-0.2, 0) is 20.0 Å². The quantitative estimate of drug-likeness (QED) is 0.770. The van der Waals surface area contributed by atoms with Gasteiger partial charge < -0.3 is 4.90 Å². The molecule has 2 aromatic rings. The van der Waals surface area contributed by atoms with Gasteiger partial charge in [-0.05, 0) is 12.0 Å². The van der Waals surface area contributed by atoms with Crippen LogP contribution in [0.4, 0.5) is 0 Å².